The third-order valence-electron chi connectivity index (χ3n) is 3.05. The van der Waals surface area contributed by atoms with Crippen LogP contribution in [-0.2, 0) is 4.79 Å². The maximum atomic E-state index is 12.2. The summed E-state index contributed by atoms with van der Waals surface area (Å²) in [6, 6.07) is 4.81. The van der Waals surface area contributed by atoms with Crippen LogP contribution in [0.5, 0.6) is 5.75 Å². The summed E-state index contributed by atoms with van der Waals surface area (Å²) in [6.45, 7) is 3.53. The van der Waals surface area contributed by atoms with Gasteiger partial charge in [0, 0.05) is 10.4 Å². The summed E-state index contributed by atoms with van der Waals surface area (Å²) in [5.74, 6) is 0.253. The molecule has 120 valence electrons. The molecular formula is C14H12Cl2N4O2S. The van der Waals surface area contributed by atoms with Crippen LogP contribution in [0, 0.1) is 6.92 Å². The molecule has 1 amide bonds. The van der Waals surface area contributed by atoms with Gasteiger partial charge >= 0.3 is 0 Å². The lowest BCUT2D eigenvalue weighted by Crippen LogP contribution is -2.30. The highest BCUT2D eigenvalue weighted by atomic mass is 35.5. The summed E-state index contributed by atoms with van der Waals surface area (Å²) in [5, 5.41) is 9.62. The smallest absolute Gasteiger partial charge is 0.267 e. The van der Waals surface area contributed by atoms with Crippen LogP contribution in [0.1, 0.15) is 12.6 Å². The SMILES string of the molecule is Cc1csc2nc(NC(=O)C(C)Oc3ccc(Cl)cc3Cl)nn12. The summed E-state index contributed by atoms with van der Waals surface area (Å²) in [4.78, 5) is 17.1. The Hall–Kier alpha value is -1.83. The van der Waals surface area contributed by atoms with Crippen molar-refractivity contribution >= 4 is 51.4 Å². The lowest BCUT2D eigenvalue weighted by Gasteiger charge is -2.14. The Bertz CT molecular complexity index is 877. The number of rotatable bonds is 4. The van der Waals surface area contributed by atoms with Gasteiger partial charge < -0.3 is 4.74 Å². The Morgan fingerprint density at radius 3 is 2.91 bits per heavy atom. The first-order valence-corrected chi connectivity index (χ1v) is 8.31. The number of nitrogens with zero attached hydrogens (tertiary/aromatic N) is 3. The fourth-order valence-corrected chi connectivity index (χ4v) is 3.12. The number of fused-ring (bicyclic) bond motifs is 1. The minimum atomic E-state index is -0.767. The normalized spacial score (nSPS) is 12.3. The van der Waals surface area contributed by atoms with E-state index in [0.717, 1.165) is 5.69 Å². The number of thiazole rings is 1. The van der Waals surface area contributed by atoms with Crippen LogP contribution in [-0.4, -0.2) is 26.6 Å². The average molecular weight is 371 g/mol. The second-order valence-corrected chi connectivity index (χ2v) is 6.51. The van der Waals surface area contributed by atoms with Crippen LogP contribution in [0.15, 0.2) is 23.6 Å². The van der Waals surface area contributed by atoms with Gasteiger partial charge in [0.1, 0.15) is 5.75 Å². The van der Waals surface area contributed by atoms with Crippen LogP contribution >= 0.6 is 34.5 Å². The first-order valence-electron chi connectivity index (χ1n) is 6.67. The van der Waals surface area contributed by atoms with Crippen molar-refractivity contribution in [1.82, 2.24) is 14.6 Å². The van der Waals surface area contributed by atoms with E-state index < -0.39 is 6.10 Å². The molecule has 9 heteroatoms. The number of nitrogens with one attached hydrogen (secondary N) is 1. The lowest BCUT2D eigenvalue weighted by molar-refractivity contribution is -0.122. The standard InChI is InChI=1S/C14H12Cl2N4O2S/c1-7-6-23-14-18-13(19-20(7)14)17-12(21)8(2)22-11-4-3-9(15)5-10(11)16/h3-6,8H,1-2H3,(H,17,19,21). The van der Waals surface area contributed by atoms with E-state index >= 15 is 0 Å². The van der Waals surface area contributed by atoms with Crippen molar-refractivity contribution in [1.29, 1.82) is 0 Å². The van der Waals surface area contributed by atoms with Crippen LogP contribution in [0.3, 0.4) is 0 Å². The molecule has 1 atom stereocenters. The second-order valence-electron chi connectivity index (χ2n) is 4.83. The van der Waals surface area contributed by atoms with Gasteiger partial charge in [0.2, 0.25) is 4.96 Å². The number of amides is 1. The quantitative estimate of drug-likeness (QED) is 0.757. The van der Waals surface area contributed by atoms with Gasteiger partial charge in [-0.15, -0.1) is 16.4 Å². The van der Waals surface area contributed by atoms with Gasteiger partial charge in [-0.25, -0.2) is 4.52 Å². The van der Waals surface area contributed by atoms with Crippen molar-refractivity contribution in [2.75, 3.05) is 5.32 Å². The van der Waals surface area contributed by atoms with E-state index in [2.05, 4.69) is 15.4 Å². The zero-order valence-electron chi connectivity index (χ0n) is 12.2. The summed E-state index contributed by atoms with van der Waals surface area (Å²) < 4.78 is 7.22. The number of carbonyl (C=O) groups is 1. The van der Waals surface area contributed by atoms with Gasteiger partial charge in [-0.05, 0) is 32.0 Å². The molecule has 0 bridgehead atoms. The highest BCUT2D eigenvalue weighted by Crippen LogP contribution is 2.28. The van der Waals surface area contributed by atoms with E-state index in [1.165, 1.54) is 11.3 Å². The number of ether oxygens (including phenoxy) is 1. The molecule has 0 saturated carbocycles. The monoisotopic (exact) mass is 370 g/mol. The maximum absolute atomic E-state index is 12.2. The van der Waals surface area contributed by atoms with Crippen molar-refractivity contribution < 1.29 is 9.53 Å². The molecule has 1 N–H and O–H groups in total. The molecule has 0 aliphatic rings. The first kappa shape index (κ1) is 16.0. The van der Waals surface area contributed by atoms with Crippen LogP contribution in [0.4, 0.5) is 5.95 Å². The highest BCUT2D eigenvalue weighted by molar-refractivity contribution is 7.15. The molecule has 1 aromatic carbocycles. The van der Waals surface area contributed by atoms with Gasteiger partial charge in [0.15, 0.2) is 6.10 Å². The van der Waals surface area contributed by atoms with Crippen LogP contribution < -0.4 is 10.1 Å². The summed E-state index contributed by atoms with van der Waals surface area (Å²) >= 11 is 13.3. The summed E-state index contributed by atoms with van der Waals surface area (Å²) in [5.41, 5.74) is 0.954. The van der Waals surface area contributed by atoms with E-state index in [0.29, 0.717) is 20.8 Å². The third kappa shape index (κ3) is 3.41. The summed E-state index contributed by atoms with van der Waals surface area (Å²) in [6.07, 6.45) is -0.767. The molecule has 0 fully saturated rings. The van der Waals surface area contributed by atoms with E-state index in [1.807, 2.05) is 12.3 Å². The van der Waals surface area contributed by atoms with Gasteiger partial charge in [-0.1, -0.05) is 23.2 Å². The zero-order chi connectivity index (χ0) is 16.6. The number of halogens is 2. The summed E-state index contributed by atoms with van der Waals surface area (Å²) in [7, 11) is 0. The molecule has 0 aliphatic heterocycles. The molecule has 1 unspecified atom stereocenters. The number of hydrogen-bond donors (Lipinski definition) is 1. The molecule has 2 aromatic heterocycles. The van der Waals surface area contributed by atoms with Gasteiger partial charge in [0.05, 0.1) is 10.7 Å². The van der Waals surface area contributed by atoms with E-state index in [9.17, 15) is 4.79 Å². The van der Waals surface area contributed by atoms with Crippen molar-refractivity contribution in [2.24, 2.45) is 0 Å². The number of aryl methyl sites for hydroxylation is 1. The lowest BCUT2D eigenvalue weighted by atomic mass is 10.3. The van der Waals surface area contributed by atoms with E-state index in [4.69, 9.17) is 27.9 Å². The molecule has 6 nitrogen and oxygen atoms in total. The highest BCUT2D eigenvalue weighted by Gasteiger charge is 2.19. The van der Waals surface area contributed by atoms with Gasteiger partial charge in [-0.2, -0.15) is 4.98 Å². The average Bonchev–Trinajstić information content (AvgIpc) is 3.04. The minimum absolute atomic E-state index is 0.239. The molecule has 0 aliphatic carbocycles. The van der Waals surface area contributed by atoms with Crippen LogP contribution in [0.25, 0.3) is 4.96 Å². The Balaban J connectivity index is 1.69. The van der Waals surface area contributed by atoms with Crippen LogP contribution in [0.2, 0.25) is 10.0 Å². The molecule has 0 spiro atoms. The zero-order valence-corrected chi connectivity index (χ0v) is 14.5. The Morgan fingerprint density at radius 2 is 2.22 bits per heavy atom. The van der Waals surface area contributed by atoms with Crippen molar-refractivity contribution in [3.63, 3.8) is 0 Å². The molecule has 2 heterocycles. The van der Waals surface area contributed by atoms with E-state index in [-0.39, 0.29) is 11.9 Å². The Labute approximate surface area is 146 Å². The largest absolute Gasteiger partial charge is 0.479 e. The Kier molecular flexibility index (Phi) is 4.43. The number of carbonyl (C=O) groups excluding carboxylic acids is 1. The molecule has 3 aromatic rings. The van der Waals surface area contributed by atoms with E-state index in [1.54, 1.807) is 29.6 Å². The molecular weight excluding hydrogens is 359 g/mol. The van der Waals surface area contributed by atoms with Gasteiger partial charge in [-0.3, -0.25) is 10.1 Å². The molecule has 0 saturated heterocycles. The first-order chi connectivity index (χ1) is 10.9. The number of hydrogen-bond acceptors (Lipinski definition) is 5. The number of anilines is 1. The molecule has 3 rings (SSSR count). The maximum Gasteiger partial charge on any atom is 0.267 e. The second kappa shape index (κ2) is 6.35. The predicted molar refractivity (Wildman–Crippen MR) is 90.8 cm³/mol. The Morgan fingerprint density at radius 1 is 1.43 bits per heavy atom. The molecule has 0 radical (unpaired) electrons. The van der Waals surface area contributed by atoms with Crippen molar-refractivity contribution in [2.45, 2.75) is 20.0 Å². The fraction of sp³-hybridized carbons (Fsp3) is 0.214. The molecule has 23 heavy (non-hydrogen) atoms. The minimum Gasteiger partial charge on any atom is -0.479 e. The number of aromatic nitrogens is 3. The number of benzene rings is 1. The third-order valence-corrected chi connectivity index (χ3v) is 4.51. The van der Waals surface area contributed by atoms with Crippen molar-refractivity contribution in [3.05, 3.63) is 39.3 Å². The van der Waals surface area contributed by atoms with Crippen molar-refractivity contribution in [3.8, 4) is 5.75 Å². The topological polar surface area (TPSA) is 68.5 Å². The van der Waals surface area contributed by atoms with Gasteiger partial charge in [0.25, 0.3) is 11.9 Å². The fourth-order valence-electron chi connectivity index (χ4n) is 1.87. The predicted octanol–water partition coefficient (Wildman–Crippen LogP) is 3.81.